The molecule has 1 unspecified atom stereocenters. The zero-order valence-corrected chi connectivity index (χ0v) is 18.7. The molecule has 170 valence electrons. The minimum absolute atomic E-state index is 0.0696. The number of ether oxygens (including phenoxy) is 1. The van der Waals surface area contributed by atoms with Gasteiger partial charge in [-0.15, -0.1) is 0 Å². The van der Waals surface area contributed by atoms with Crippen molar-refractivity contribution < 1.29 is 19.1 Å². The summed E-state index contributed by atoms with van der Waals surface area (Å²) in [5.41, 5.74) is 1.95. The number of rotatable bonds is 8. The van der Waals surface area contributed by atoms with Crippen LogP contribution in [0.5, 0.6) is 0 Å². The van der Waals surface area contributed by atoms with Crippen molar-refractivity contribution in [2.45, 2.75) is 39.7 Å². The summed E-state index contributed by atoms with van der Waals surface area (Å²) in [4.78, 5) is 49.8. The lowest BCUT2D eigenvalue weighted by Crippen LogP contribution is -2.44. The van der Waals surface area contributed by atoms with Crippen LogP contribution in [0.3, 0.4) is 0 Å². The molecule has 1 aliphatic rings. The quantitative estimate of drug-likeness (QED) is 0.588. The van der Waals surface area contributed by atoms with E-state index in [9.17, 15) is 14.4 Å². The lowest BCUT2D eigenvalue weighted by Gasteiger charge is -2.32. The third-order valence-electron chi connectivity index (χ3n) is 5.49. The predicted octanol–water partition coefficient (Wildman–Crippen LogP) is 2.62. The molecule has 1 aromatic carbocycles. The van der Waals surface area contributed by atoms with Crippen LogP contribution in [0.1, 0.15) is 47.9 Å². The summed E-state index contributed by atoms with van der Waals surface area (Å²) in [7, 11) is 0. The first-order valence-corrected chi connectivity index (χ1v) is 11.0. The summed E-state index contributed by atoms with van der Waals surface area (Å²) in [5, 5.41) is 0. The highest BCUT2D eigenvalue weighted by Gasteiger charge is 2.29. The second-order valence-electron chi connectivity index (χ2n) is 7.94. The zero-order chi connectivity index (χ0) is 22.9. The molecule has 2 heterocycles. The molecule has 0 saturated carbocycles. The van der Waals surface area contributed by atoms with Gasteiger partial charge in [-0.1, -0.05) is 30.3 Å². The minimum Gasteiger partial charge on any atom is -0.466 e. The molecule has 0 radical (unpaired) electrons. The van der Waals surface area contributed by atoms with Crippen LogP contribution in [-0.4, -0.2) is 63.8 Å². The number of nitrogens with zero attached hydrogens (tertiary/aromatic N) is 4. The Labute approximate surface area is 188 Å². The summed E-state index contributed by atoms with van der Waals surface area (Å²) in [6.07, 6.45) is 4.69. The van der Waals surface area contributed by atoms with Crippen LogP contribution in [0.25, 0.3) is 0 Å². The number of esters is 1. The molecule has 0 aliphatic carbocycles. The number of likely N-dealkylation sites (tertiary alicyclic amines) is 1. The molecule has 1 saturated heterocycles. The Kier molecular flexibility index (Phi) is 8.30. The smallest absolute Gasteiger partial charge is 0.310 e. The van der Waals surface area contributed by atoms with Crippen molar-refractivity contribution in [3.8, 4) is 0 Å². The van der Waals surface area contributed by atoms with Gasteiger partial charge in [-0.25, -0.2) is 4.98 Å². The molecule has 1 aromatic heterocycles. The molecular formula is C24H30N4O4. The molecule has 1 aliphatic heterocycles. The van der Waals surface area contributed by atoms with E-state index in [-0.39, 0.29) is 42.4 Å². The van der Waals surface area contributed by atoms with E-state index < -0.39 is 0 Å². The summed E-state index contributed by atoms with van der Waals surface area (Å²) < 4.78 is 5.12. The lowest BCUT2D eigenvalue weighted by molar-refractivity contribution is -0.151. The van der Waals surface area contributed by atoms with E-state index in [0.29, 0.717) is 26.2 Å². The topological polar surface area (TPSA) is 92.7 Å². The Hall–Kier alpha value is -3.29. The van der Waals surface area contributed by atoms with Gasteiger partial charge in [0.2, 0.25) is 5.91 Å². The highest BCUT2D eigenvalue weighted by molar-refractivity contribution is 5.92. The number of benzene rings is 1. The van der Waals surface area contributed by atoms with Crippen LogP contribution in [-0.2, 0) is 20.9 Å². The van der Waals surface area contributed by atoms with Gasteiger partial charge in [0.25, 0.3) is 5.91 Å². The highest BCUT2D eigenvalue weighted by atomic mass is 16.5. The van der Waals surface area contributed by atoms with Crippen molar-refractivity contribution in [2.24, 2.45) is 5.92 Å². The van der Waals surface area contributed by atoms with E-state index in [1.54, 1.807) is 22.9 Å². The third kappa shape index (κ3) is 6.35. The van der Waals surface area contributed by atoms with Crippen LogP contribution < -0.4 is 0 Å². The first-order chi connectivity index (χ1) is 15.5. The van der Waals surface area contributed by atoms with E-state index in [0.717, 1.165) is 24.1 Å². The second-order valence-corrected chi connectivity index (χ2v) is 7.94. The molecule has 0 spiro atoms. The Balaban J connectivity index is 1.66. The maximum Gasteiger partial charge on any atom is 0.310 e. The third-order valence-corrected chi connectivity index (χ3v) is 5.49. The van der Waals surface area contributed by atoms with Gasteiger partial charge in [0.15, 0.2) is 0 Å². The largest absolute Gasteiger partial charge is 0.466 e. The van der Waals surface area contributed by atoms with Gasteiger partial charge in [-0.3, -0.25) is 19.4 Å². The minimum atomic E-state index is -0.280. The molecule has 2 amide bonds. The van der Waals surface area contributed by atoms with E-state index in [1.807, 2.05) is 37.3 Å². The number of aryl methyl sites for hydroxylation is 1. The number of hydrogen-bond acceptors (Lipinski definition) is 6. The van der Waals surface area contributed by atoms with Crippen molar-refractivity contribution >= 4 is 17.8 Å². The van der Waals surface area contributed by atoms with Crippen molar-refractivity contribution in [3.63, 3.8) is 0 Å². The van der Waals surface area contributed by atoms with Crippen molar-refractivity contribution in [3.05, 3.63) is 59.7 Å². The molecule has 32 heavy (non-hydrogen) atoms. The normalized spacial score (nSPS) is 15.8. The Morgan fingerprint density at radius 2 is 1.94 bits per heavy atom. The van der Waals surface area contributed by atoms with Gasteiger partial charge < -0.3 is 14.5 Å². The van der Waals surface area contributed by atoms with Gasteiger partial charge in [-0.05, 0) is 32.3 Å². The van der Waals surface area contributed by atoms with E-state index in [4.69, 9.17) is 4.74 Å². The second kappa shape index (κ2) is 11.4. The Bertz CT molecular complexity index is 917. The van der Waals surface area contributed by atoms with Crippen LogP contribution in [0.4, 0.5) is 0 Å². The Morgan fingerprint density at radius 1 is 1.16 bits per heavy atom. The van der Waals surface area contributed by atoms with Gasteiger partial charge in [-0.2, -0.15) is 0 Å². The van der Waals surface area contributed by atoms with E-state index in [1.165, 1.54) is 6.20 Å². The van der Waals surface area contributed by atoms with Crippen LogP contribution >= 0.6 is 0 Å². The molecule has 0 bridgehead atoms. The fourth-order valence-corrected chi connectivity index (χ4v) is 3.77. The number of hydrogen-bond donors (Lipinski definition) is 0. The van der Waals surface area contributed by atoms with Crippen LogP contribution in [0.15, 0.2) is 42.7 Å². The molecule has 8 heteroatoms. The van der Waals surface area contributed by atoms with Crippen molar-refractivity contribution in [1.29, 1.82) is 0 Å². The predicted molar refractivity (Wildman–Crippen MR) is 119 cm³/mol. The first-order valence-electron chi connectivity index (χ1n) is 11.0. The fraction of sp³-hybridized carbons (Fsp3) is 0.458. The van der Waals surface area contributed by atoms with Crippen molar-refractivity contribution in [1.82, 2.24) is 19.8 Å². The number of amides is 2. The number of aromatic nitrogens is 2. The SMILES string of the molecule is CCOC(=O)C1CCCN(C(=O)CCN(Cc2ccccc2)C(=O)c2cnc(C)cn2)C1. The standard InChI is InChI=1S/C24H30N4O4/c1-3-32-24(31)20-10-7-12-27(17-20)22(29)11-13-28(16-19-8-5-4-6-9-19)23(30)21-15-25-18(2)14-26-21/h4-6,8-9,14-15,20H,3,7,10-13,16-17H2,1-2H3. The van der Waals surface area contributed by atoms with Gasteiger partial charge >= 0.3 is 5.97 Å². The highest BCUT2D eigenvalue weighted by Crippen LogP contribution is 2.19. The number of carbonyl (C=O) groups is 3. The monoisotopic (exact) mass is 438 g/mol. The molecule has 1 fully saturated rings. The van der Waals surface area contributed by atoms with Gasteiger partial charge in [0.05, 0.1) is 24.4 Å². The molecule has 8 nitrogen and oxygen atoms in total. The summed E-state index contributed by atoms with van der Waals surface area (Å²) >= 11 is 0. The van der Waals surface area contributed by atoms with Crippen LogP contribution in [0, 0.1) is 12.8 Å². The average molecular weight is 439 g/mol. The average Bonchev–Trinajstić information content (AvgIpc) is 2.82. The summed E-state index contributed by atoms with van der Waals surface area (Å²) in [5.74, 6) is -0.863. The van der Waals surface area contributed by atoms with Gasteiger partial charge in [0, 0.05) is 38.8 Å². The molecule has 3 rings (SSSR count). The van der Waals surface area contributed by atoms with Crippen molar-refractivity contribution in [2.75, 3.05) is 26.2 Å². The summed E-state index contributed by atoms with van der Waals surface area (Å²) in [6.45, 7) is 5.53. The Morgan fingerprint density at radius 3 is 2.62 bits per heavy atom. The number of carbonyl (C=O) groups excluding carboxylic acids is 3. The molecular weight excluding hydrogens is 408 g/mol. The zero-order valence-electron chi connectivity index (χ0n) is 18.7. The van der Waals surface area contributed by atoms with Gasteiger partial charge in [0.1, 0.15) is 5.69 Å². The first kappa shape index (κ1) is 23.4. The van der Waals surface area contributed by atoms with E-state index in [2.05, 4.69) is 9.97 Å². The maximum absolute atomic E-state index is 13.1. The van der Waals surface area contributed by atoms with E-state index >= 15 is 0 Å². The summed E-state index contributed by atoms with van der Waals surface area (Å²) in [6, 6.07) is 9.63. The molecule has 2 aromatic rings. The fourth-order valence-electron chi connectivity index (χ4n) is 3.77. The van der Waals surface area contributed by atoms with Crippen LogP contribution in [0.2, 0.25) is 0 Å². The lowest BCUT2D eigenvalue weighted by atomic mass is 9.98. The maximum atomic E-state index is 13.1. The number of piperidine rings is 1. The molecule has 0 N–H and O–H groups in total. The molecule has 1 atom stereocenters.